The molecule has 1 aliphatic rings. The summed E-state index contributed by atoms with van der Waals surface area (Å²) in [6.45, 7) is 3.94. The topological polar surface area (TPSA) is 54.0 Å². The van der Waals surface area contributed by atoms with E-state index in [2.05, 4.69) is 11.7 Å². The number of esters is 1. The third-order valence-corrected chi connectivity index (χ3v) is 4.13. The first-order valence-corrected chi connectivity index (χ1v) is 8.88. The smallest absolute Gasteiger partial charge is 0.493 e. The van der Waals surface area contributed by atoms with Crippen molar-refractivity contribution in [3.63, 3.8) is 0 Å². The van der Waals surface area contributed by atoms with Gasteiger partial charge in [0.2, 0.25) is 0 Å². The van der Waals surface area contributed by atoms with Crippen LogP contribution in [0.3, 0.4) is 0 Å². The fourth-order valence-corrected chi connectivity index (χ4v) is 2.53. The molecule has 2 aromatic carbocycles. The predicted molar refractivity (Wildman–Crippen MR) is 98.6 cm³/mol. The van der Waals surface area contributed by atoms with E-state index >= 15 is 0 Å². The zero-order valence-corrected chi connectivity index (χ0v) is 15.9. The maximum Gasteiger partial charge on any atom is 0.573 e. The Labute approximate surface area is 169 Å². The lowest BCUT2D eigenvalue weighted by atomic mass is 9.90. The van der Waals surface area contributed by atoms with E-state index in [1.54, 1.807) is 24.3 Å². The number of carbonyl (C=O) groups is 1. The number of halogens is 4. The van der Waals surface area contributed by atoms with Crippen LogP contribution in [0.1, 0.15) is 12.5 Å². The molecule has 160 valence electrons. The van der Waals surface area contributed by atoms with Gasteiger partial charge in [-0.05, 0) is 35.9 Å². The van der Waals surface area contributed by atoms with Crippen LogP contribution < -0.4 is 14.2 Å². The molecular weight excluding hydrogens is 408 g/mol. The number of hydrogen-bond acceptors (Lipinski definition) is 5. The average Bonchev–Trinajstić information content (AvgIpc) is 2.65. The molecule has 0 bridgehead atoms. The van der Waals surface area contributed by atoms with Crippen LogP contribution in [0.4, 0.5) is 17.6 Å². The Bertz CT molecular complexity index is 918. The van der Waals surface area contributed by atoms with Crippen LogP contribution in [0.25, 0.3) is 6.08 Å². The van der Waals surface area contributed by atoms with Gasteiger partial charge in [0.05, 0.1) is 19.8 Å². The Hall–Kier alpha value is -3.07. The van der Waals surface area contributed by atoms with Crippen LogP contribution >= 0.6 is 0 Å². The second-order valence-corrected chi connectivity index (χ2v) is 7.06. The number of ether oxygens (including phenoxy) is 4. The fourth-order valence-electron chi connectivity index (χ4n) is 2.53. The number of alkyl halides is 3. The van der Waals surface area contributed by atoms with E-state index in [1.165, 1.54) is 6.08 Å². The van der Waals surface area contributed by atoms with Gasteiger partial charge in [-0.1, -0.05) is 19.1 Å². The van der Waals surface area contributed by atoms with E-state index in [9.17, 15) is 22.4 Å². The molecule has 30 heavy (non-hydrogen) atoms. The number of hydrogen-bond donors (Lipinski definition) is 0. The SMILES string of the molecule is CC1(COc2ccc(C=CC(=O)Oc3ccc(OC(F)(F)F)c(F)c3)cc2)COC1. The highest BCUT2D eigenvalue weighted by Gasteiger charge is 2.34. The Morgan fingerprint density at radius 2 is 1.80 bits per heavy atom. The number of rotatable bonds is 7. The first-order chi connectivity index (χ1) is 14.1. The van der Waals surface area contributed by atoms with Crippen LogP contribution in [-0.2, 0) is 9.53 Å². The summed E-state index contributed by atoms with van der Waals surface area (Å²) < 4.78 is 69.3. The quantitative estimate of drug-likeness (QED) is 0.277. The van der Waals surface area contributed by atoms with Gasteiger partial charge in [-0.25, -0.2) is 9.18 Å². The summed E-state index contributed by atoms with van der Waals surface area (Å²) in [7, 11) is 0. The van der Waals surface area contributed by atoms with Crippen molar-refractivity contribution in [3.8, 4) is 17.2 Å². The van der Waals surface area contributed by atoms with E-state index in [-0.39, 0.29) is 11.2 Å². The molecule has 0 aliphatic carbocycles. The summed E-state index contributed by atoms with van der Waals surface area (Å²) in [6, 6.07) is 9.33. The summed E-state index contributed by atoms with van der Waals surface area (Å²) in [5.74, 6) is -2.72. The maximum atomic E-state index is 13.6. The first-order valence-electron chi connectivity index (χ1n) is 8.88. The van der Waals surface area contributed by atoms with E-state index in [0.29, 0.717) is 37.2 Å². The Morgan fingerprint density at radius 1 is 1.13 bits per heavy atom. The van der Waals surface area contributed by atoms with E-state index in [0.717, 1.165) is 18.2 Å². The first kappa shape index (κ1) is 21.6. The summed E-state index contributed by atoms with van der Waals surface area (Å²) in [6.07, 6.45) is -2.43. The molecule has 3 rings (SSSR count). The standard InChI is InChI=1S/C21H18F4O5/c1-20(11-27-12-20)13-28-15-5-2-14(3-6-15)4-9-19(26)29-16-7-8-18(17(22)10-16)30-21(23,24)25/h2-10H,11-13H2,1H3. The monoisotopic (exact) mass is 426 g/mol. The van der Waals surface area contributed by atoms with Crippen LogP contribution in [0.15, 0.2) is 48.5 Å². The van der Waals surface area contributed by atoms with Gasteiger partial charge in [-0.3, -0.25) is 0 Å². The van der Waals surface area contributed by atoms with Crippen LogP contribution in [-0.4, -0.2) is 32.2 Å². The van der Waals surface area contributed by atoms with Gasteiger partial charge >= 0.3 is 12.3 Å². The molecule has 0 spiro atoms. The van der Waals surface area contributed by atoms with Crippen molar-refractivity contribution in [2.45, 2.75) is 13.3 Å². The second kappa shape index (κ2) is 8.74. The molecule has 0 amide bonds. The molecule has 9 heteroatoms. The molecular formula is C21H18F4O5. The molecule has 0 saturated carbocycles. The van der Waals surface area contributed by atoms with Gasteiger partial charge in [0.15, 0.2) is 11.6 Å². The molecule has 1 fully saturated rings. The highest BCUT2D eigenvalue weighted by Crippen LogP contribution is 2.29. The van der Waals surface area contributed by atoms with Crippen molar-refractivity contribution in [3.05, 3.63) is 59.9 Å². The fraction of sp³-hybridized carbons (Fsp3) is 0.286. The van der Waals surface area contributed by atoms with Gasteiger partial charge in [-0.15, -0.1) is 13.2 Å². The zero-order valence-electron chi connectivity index (χ0n) is 15.9. The Balaban J connectivity index is 1.52. The van der Waals surface area contributed by atoms with E-state index < -0.39 is 23.9 Å². The number of carbonyl (C=O) groups excluding carboxylic acids is 1. The summed E-state index contributed by atoms with van der Waals surface area (Å²) in [5, 5.41) is 0. The van der Waals surface area contributed by atoms with Crippen molar-refractivity contribution in [1.29, 1.82) is 0 Å². The predicted octanol–water partition coefficient (Wildman–Crippen LogP) is 4.76. The van der Waals surface area contributed by atoms with Crippen molar-refractivity contribution >= 4 is 12.0 Å². The highest BCUT2D eigenvalue weighted by atomic mass is 19.4. The van der Waals surface area contributed by atoms with Crippen LogP contribution in [0.5, 0.6) is 17.2 Å². The van der Waals surface area contributed by atoms with E-state index in [1.807, 2.05) is 0 Å². The minimum atomic E-state index is -5.02. The third kappa shape index (κ3) is 6.21. The van der Waals surface area contributed by atoms with Crippen molar-refractivity contribution < 1.29 is 41.3 Å². The maximum absolute atomic E-state index is 13.6. The van der Waals surface area contributed by atoms with E-state index in [4.69, 9.17) is 14.2 Å². The zero-order chi connectivity index (χ0) is 21.8. The molecule has 2 aromatic rings. The molecule has 1 saturated heterocycles. The summed E-state index contributed by atoms with van der Waals surface area (Å²) in [5.41, 5.74) is 0.719. The molecule has 1 heterocycles. The minimum absolute atomic E-state index is 0.0267. The van der Waals surface area contributed by atoms with Gasteiger partial charge in [0, 0.05) is 17.6 Å². The molecule has 5 nitrogen and oxygen atoms in total. The molecule has 0 unspecified atom stereocenters. The van der Waals surface area contributed by atoms with Crippen LogP contribution in [0.2, 0.25) is 0 Å². The number of benzene rings is 2. The molecule has 0 N–H and O–H groups in total. The van der Waals surface area contributed by atoms with Crippen molar-refractivity contribution in [1.82, 2.24) is 0 Å². The van der Waals surface area contributed by atoms with Gasteiger partial charge in [0.25, 0.3) is 0 Å². The van der Waals surface area contributed by atoms with Crippen molar-refractivity contribution in [2.24, 2.45) is 5.41 Å². The lowest BCUT2D eigenvalue weighted by Gasteiger charge is -2.37. The van der Waals surface area contributed by atoms with Gasteiger partial charge in [-0.2, -0.15) is 0 Å². The largest absolute Gasteiger partial charge is 0.573 e. The lowest BCUT2D eigenvalue weighted by molar-refractivity contribution is -0.275. The minimum Gasteiger partial charge on any atom is -0.493 e. The second-order valence-electron chi connectivity index (χ2n) is 7.06. The summed E-state index contributed by atoms with van der Waals surface area (Å²) in [4.78, 5) is 11.9. The Morgan fingerprint density at radius 3 is 2.37 bits per heavy atom. The normalized spacial score (nSPS) is 15.5. The third-order valence-electron chi connectivity index (χ3n) is 4.13. The molecule has 0 atom stereocenters. The molecule has 0 aromatic heterocycles. The Kier molecular flexibility index (Phi) is 6.31. The average molecular weight is 426 g/mol. The van der Waals surface area contributed by atoms with Crippen molar-refractivity contribution in [2.75, 3.05) is 19.8 Å². The lowest BCUT2D eigenvalue weighted by Crippen LogP contribution is -2.44. The molecule has 1 aliphatic heterocycles. The van der Waals surface area contributed by atoms with Crippen LogP contribution in [0, 0.1) is 11.2 Å². The summed E-state index contributed by atoms with van der Waals surface area (Å²) >= 11 is 0. The highest BCUT2D eigenvalue weighted by molar-refractivity contribution is 5.88. The molecule has 0 radical (unpaired) electrons. The van der Waals surface area contributed by atoms with Gasteiger partial charge < -0.3 is 18.9 Å². The van der Waals surface area contributed by atoms with Gasteiger partial charge in [0.1, 0.15) is 11.5 Å².